The second-order valence-corrected chi connectivity index (χ2v) is 12.8. The summed E-state index contributed by atoms with van der Waals surface area (Å²) in [5.74, 6) is 0.534. The van der Waals surface area contributed by atoms with Crippen LogP contribution in [0.2, 0.25) is 0 Å². The number of ether oxygens (including phenoxy) is 3. The number of carbonyl (C=O) groups is 1. The molecule has 8 nitrogen and oxygen atoms in total. The van der Waals surface area contributed by atoms with Crippen molar-refractivity contribution in [3.63, 3.8) is 0 Å². The molecule has 2 saturated heterocycles. The molecule has 0 saturated carbocycles. The lowest BCUT2D eigenvalue weighted by molar-refractivity contribution is 0.00873. The third-order valence-corrected chi connectivity index (χ3v) is 8.23. The van der Waals surface area contributed by atoms with Crippen LogP contribution in [-0.2, 0) is 18.0 Å². The first-order chi connectivity index (χ1) is 22.2. The monoisotopic (exact) mass is 624 g/mol. The molecule has 3 heterocycles. The quantitative estimate of drug-likeness (QED) is 0.203. The maximum atomic E-state index is 15.6. The predicted octanol–water partition coefficient (Wildman–Crippen LogP) is 6.79. The highest BCUT2D eigenvalue weighted by molar-refractivity contribution is 5.72. The van der Waals surface area contributed by atoms with Gasteiger partial charge in [0.05, 0.1) is 5.69 Å². The average Bonchev–Trinajstić information content (AvgIpc) is 3.03. The molecule has 0 N–H and O–H groups in total. The zero-order chi connectivity index (χ0) is 32.1. The molecule has 1 amide bonds. The van der Waals surface area contributed by atoms with Gasteiger partial charge >= 0.3 is 6.09 Å². The second-order valence-electron chi connectivity index (χ2n) is 12.8. The highest BCUT2D eigenvalue weighted by Gasteiger charge is 2.36. The van der Waals surface area contributed by atoms with Gasteiger partial charge in [-0.15, -0.1) is 0 Å². The van der Waals surface area contributed by atoms with E-state index in [1.54, 1.807) is 17.0 Å². The average molecular weight is 625 g/mol. The summed E-state index contributed by atoms with van der Waals surface area (Å²) < 4.78 is 33.3. The fourth-order valence-electron chi connectivity index (χ4n) is 5.70. The van der Waals surface area contributed by atoms with Crippen LogP contribution in [0.1, 0.15) is 31.9 Å². The van der Waals surface area contributed by atoms with Crippen molar-refractivity contribution in [3.05, 3.63) is 108 Å². The van der Waals surface area contributed by atoms with E-state index in [1.807, 2.05) is 99.6 Å². The minimum Gasteiger partial charge on any atom is -0.473 e. The third kappa shape index (κ3) is 7.77. The van der Waals surface area contributed by atoms with Gasteiger partial charge in [0.1, 0.15) is 24.6 Å². The lowest BCUT2D eigenvalue weighted by Gasteiger charge is -2.49. The van der Waals surface area contributed by atoms with Crippen LogP contribution in [0.15, 0.2) is 91.0 Å². The number of nitrogens with zero attached hydrogens (tertiary/aromatic N) is 4. The van der Waals surface area contributed by atoms with Crippen LogP contribution in [-0.4, -0.2) is 71.8 Å². The first kappa shape index (κ1) is 31.4. The third-order valence-electron chi connectivity index (χ3n) is 8.23. The molecule has 6 rings (SSSR count). The highest BCUT2D eigenvalue weighted by atomic mass is 19.1. The summed E-state index contributed by atoms with van der Waals surface area (Å²) in [6.07, 6.45) is -0.261. The predicted molar refractivity (Wildman–Crippen MR) is 177 cm³/mol. The normalized spacial score (nSPS) is 15.7. The van der Waals surface area contributed by atoms with Crippen LogP contribution in [0.4, 0.5) is 14.9 Å². The molecule has 9 heteroatoms. The van der Waals surface area contributed by atoms with Crippen molar-refractivity contribution < 1.29 is 23.4 Å². The van der Waals surface area contributed by atoms with Crippen LogP contribution in [0, 0.1) is 5.82 Å². The number of piperazine rings is 1. The van der Waals surface area contributed by atoms with Crippen molar-refractivity contribution in [3.8, 4) is 22.9 Å². The van der Waals surface area contributed by atoms with E-state index in [0.29, 0.717) is 60.9 Å². The molecule has 1 aromatic heterocycles. The van der Waals surface area contributed by atoms with E-state index in [-0.39, 0.29) is 11.9 Å². The molecule has 2 fully saturated rings. The molecule has 0 radical (unpaired) electrons. The summed E-state index contributed by atoms with van der Waals surface area (Å²) in [7, 11) is 0. The van der Waals surface area contributed by atoms with Gasteiger partial charge in [-0.1, -0.05) is 66.7 Å². The highest BCUT2D eigenvalue weighted by Crippen LogP contribution is 2.35. The molecule has 0 bridgehead atoms. The zero-order valence-electron chi connectivity index (χ0n) is 26.7. The van der Waals surface area contributed by atoms with Crippen molar-refractivity contribution in [2.45, 2.75) is 45.6 Å². The van der Waals surface area contributed by atoms with Crippen LogP contribution >= 0.6 is 0 Å². The lowest BCUT2D eigenvalue weighted by Crippen LogP contribution is -2.63. The van der Waals surface area contributed by atoms with Crippen molar-refractivity contribution in [2.75, 3.05) is 44.2 Å². The summed E-state index contributed by atoms with van der Waals surface area (Å²) in [4.78, 5) is 23.3. The zero-order valence-corrected chi connectivity index (χ0v) is 26.7. The van der Waals surface area contributed by atoms with Gasteiger partial charge in [0.15, 0.2) is 0 Å². The lowest BCUT2D eigenvalue weighted by atomic mass is 10.0. The van der Waals surface area contributed by atoms with E-state index in [0.717, 1.165) is 37.3 Å². The van der Waals surface area contributed by atoms with Crippen LogP contribution in [0.3, 0.4) is 0 Å². The summed E-state index contributed by atoms with van der Waals surface area (Å²) in [5.41, 5.74) is 3.49. The van der Waals surface area contributed by atoms with Crippen molar-refractivity contribution in [2.24, 2.45) is 0 Å². The van der Waals surface area contributed by atoms with Gasteiger partial charge in [-0.3, -0.25) is 4.90 Å². The largest absolute Gasteiger partial charge is 0.473 e. The smallest absolute Gasteiger partial charge is 0.410 e. The first-order valence-corrected chi connectivity index (χ1v) is 15.8. The van der Waals surface area contributed by atoms with E-state index in [2.05, 4.69) is 14.8 Å². The van der Waals surface area contributed by atoms with E-state index in [4.69, 9.17) is 14.2 Å². The molecule has 46 heavy (non-hydrogen) atoms. The summed E-state index contributed by atoms with van der Waals surface area (Å²) in [6, 6.07) is 29.1. The Hall–Kier alpha value is -4.63. The molecule has 4 aromatic rings. The number of halogens is 1. The van der Waals surface area contributed by atoms with Crippen molar-refractivity contribution in [1.29, 1.82) is 0 Å². The summed E-state index contributed by atoms with van der Waals surface area (Å²) in [5, 5.41) is 0. The number of rotatable bonds is 9. The molecule has 0 spiro atoms. The van der Waals surface area contributed by atoms with E-state index in [9.17, 15) is 4.79 Å². The van der Waals surface area contributed by atoms with Gasteiger partial charge in [0, 0.05) is 56.9 Å². The van der Waals surface area contributed by atoms with Crippen LogP contribution in [0.5, 0.6) is 11.8 Å². The standard InChI is InChI=1S/C37H41FN4O4/c1-37(2,3)46-36(43)41-20-18-40(19-21-41)30-23-42(24-30)33-16-14-29(22-32(33)38)31-15-17-34(44-25-27-10-6-4-7-11-27)39-35(31)45-26-28-12-8-5-9-13-28/h4-17,22,30H,18-21,23-26H2,1-3H3. The van der Waals surface area contributed by atoms with Gasteiger partial charge in [0.25, 0.3) is 0 Å². The fraction of sp³-hybridized carbons (Fsp3) is 0.351. The Balaban J connectivity index is 1.10. The number of hydrogen-bond acceptors (Lipinski definition) is 7. The minimum atomic E-state index is -0.504. The molecule has 3 aromatic carbocycles. The second kappa shape index (κ2) is 13.8. The van der Waals surface area contributed by atoms with Gasteiger partial charge in [0.2, 0.25) is 11.8 Å². The fourth-order valence-corrected chi connectivity index (χ4v) is 5.70. The Morgan fingerprint density at radius 2 is 1.46 bits per heavy atom. The number of anilines is 1. The van der Waals surface area contributed by atoms with E-state index >= 15 is 4.39 Å². The Bertz CT molecular complexity index is 1620. The summed E-state index contributed by atoms with van der Waals surface area (Å²) in [6.45, 7) is 10.6. The van der Waals surface area contributed by atoms with Crippen molar-refractivity contribution in [1.82, 2.24) is 14.8 Å². The van der Waals surface area contributed by atoms with E-state index in [1.165, 1.54) is 0 Å². The number of amides is 1. The van der Waals surface area contributed by atoms with Gasteiger partial charge in [-0.25, -0.2) is 9.18 Å². The summed E-state index contributed by atoms with van der Waals surface area (Å²) >= 11 is 0. The van der Waals surface area contributed by atoms with Gasteiger partial charge < -0.3 is 24.0 Å². The molecule has 240 valence electrons. The van der Waals surface area contributed by atoms with Crippen LogP contribution in [0.25, 0.3) is 11.1 Å². The number of pyridine rings is 1. The maximum Gasteiger partial charge on any atom is 0.410 e. The van der Waals surface area contributed by atoms with Crippen LogP contribution < -0.4 is 14.4 Å². The molecule has 0 atom stereocenters. The van der Waals surface area contributed by atoms with Gasteiger partial charge in [-0.2, -0.15) is 4.98 Å². The Labute approximate surface area is 270 Å². The Morgan fingerprint density at radius 1 is 0.826 bits per heavy atom. The van der Waals surface area contributed by atoms with Gasteiger partial charge in [-0.05, 0) is 55.7 Å². The molecular formula is C37H41FN4O4. The molecular weight excluding hydrogens is 583 g/mol. The number of benzene rings is 3. The Kier molecular flexibility index (Phi) is 9.40. The number of aromatic nitrogens is 1. The van der Waals surface area contributed by atoms with E-state index < -0.39 is 5.60 Å². The first-order valence-electron chi connectivity index (χ1n) is 15.8. The number of hydrogen-bond donors (Lipinski definition) is 0. The SMILES string of the molecule is CC(C)(C)OC(=O)N1CCN(C2CN(c3ccc(-c4ccc(OCc5ccccc5)nc4OCc4ccccc4)cc3F)C2)CC1. The Morgan fingerprint density at radius 3 is 2.07 bits per heavy atom. The van der Waals surface area contributed by atoms with Crippen molar-refractivity contribution >= 4 is 11.8 Å². The molecule has 2 aliphatic rings. The topological polar surface area (TPSA) is 67.4 Å². The number of carbonyl (C=O) groups excluding carboxylic acids is 1. The maximum absolute atomic E-state index is 15.6. The molecule has 0 unspecified atom stereocenters. The minimum absolute atomic E-state index is 0.261. The molecule has 2 aliphatic heterocycles. The molecule has 0 aliphatic carbocycles.